The van der Waals surface area contributed by atoms with E-state index in [1.54, 1.807) is 6.07 Å². The number of halogens is 4. The second-order valence-corrected chi connectivity index (χ2v) is 6.15. The summed E-state index contributed by atoms with van der Waals surface area (Å²) in [5.41, 5.74) is 8.08. The number of anilines is 1. The predicted octanol–water partition coefficient (Wildman–Crippen LogP) is 4.97. The van der Waals surface area contributed by atoms with E-state index in [-0.39, 0.29) is 41.4 Å². The van der Waals surface area contributed by atoms with Gasteiger partial charge in [0.1, 0.15) is 0 Å². The minimum absolute atomic E-state index is 0. The van der Waals surface area contributed by atoms with Crippen LogP contribution in [0.5, 0.6) is 5.75 Å². The monoisotopic (exact) mass is 522 g/mol. The van der Waals surface area contributed by atoms with Crippen molar-refractivity contribution in [1.82, 2.24) is 4.90 Å². The zero-order valence-electron chi connectivity index (χ0n) is 16.4. The topological polar surface area (TPSA) is 62.9 Å². The number of para-hydroxylation sites is 2. The smallest absolute Gasteiger partial charge is 0.404 e. The van der Waals surface area contributed by atoms with Crippen LogP contribution < -0.4 is 15.8 Å². The largest absolute Gasteiger partial charge is 0.573 e. The molecule has 0 saturated carbocycles. The Hall–Kier alpha value is -2.01. The normalized spacial score (nSPS) is 11.9. The molecule has 9 heteroatoms. The summed E-state index contributed by atoms with van der Waals surface area (Å²) in [6, 6.07) is 13.7. The van der Waals surface area contributed by atoms with Crippen molar-refractivity contribution >= 4 is 35.6 Å². The van der Waals surface area contributed by atoms with Crippen molar-refractivity contribution < 1.29 is 17.9 Å². The van der Waals surface area contributed by atoms with Gasteiger partial charge < -0.3 is 15.8 Å². The molecule has 0 bridgehead atoms. The molecule has 2 rings (SSSR count). The molecule has 160 valence electrons. The molecule has 2 aromatic rings. The van der Waals surface area contributed by atoms with Crippen LogP contribution in [0, 0.1) is 0 Å². The van der Waals surface area contributed by atoms with Crippen molar-refractivity contribution in [2.75, 3.05) is 18.4 Å². The molecule has 0 unspecified atom stereocenters. The van der Waals surface area contributed by atoms with Crippen LogP contribution in [0.15, 0.2) is 53.5 Å². The highest BCUT2D eigenvalue weighted by atomic mass is 127. The van der Waals surface area contributed by atoms with E-state index >= 15 is 0 Å². The van der Waals surface area contributed by atoms with Gasteiger partial charge in [-0.05, 0) is 36.3 Å². The fourth-order valence-electron chi connectivity index (χ4n) is 2.67. The number of guanidine groups is 1. The number of alkyl halides is 3. The van der Waals surface area contributed by atoms with E-state index in [1.165, 1.54) is 23.8 Å². The van der Waals surface area contributed by atoms with Crippen molar-refractivity contribution in [3.05, 3.63) is 59.7 Å². The summed E-state index contributed by atoms with van der Waals surface area (Å²) in [6.07, 6.45) is -4.78. The molecule has 3 N–H and O–H groups in total. The van der Waals surface area contributed by atoms with Gasteiger partial charge in [0, 0.05) is 6.54 Å². The van der Waals surface area contributed by atoms with Gasteiger partial charge in [-0.15, -0.1) is 37.1 Å². The molecule has 0 spiro atoms. The highest BCUT2D eigenvalue weighted by Crippen LogP contribution is 2.29. The lowest BCUT2D eigenvalue weighted by Gasteiger charge is -2.18. The first-order chi connectivity index (χ1) is 13.3. The van der Waals surface area contributed by atoms with E-state index in [0.29, 0.717) is 6.54 Å². The average Bonchev–Trinajstić information content (AvgIpc) is 2.65. The first-order valence-corrected chi connectivity index (χ1v) is 9.02. The van der Waals surface area contributed by atoms with Gasteiger partial charge in [0.2, 0.25) is 0 Å². The zero-order chi connectivity index (χ0) is 20.6. The maximum atomic E-state index is 12.5. The Bertz CT molecular complexity index is 795. The summed E-state index contributed by atoms with van der Waals surface area (Å²) in [5, 5.41) is 2.66. The van der Waals surface area contributed by atoms with Crippen molar-refractivity contribution in [2.45, 2.75) is 33.3 Å². The number of nitrogens with two attached hydrogens (primary N) is 1. The Morgan fingerprint density at radius 3 is 2.38 bits per heavy atom. The summed E-state index contributed by atoms with van der Waals surface area (Å²) in [5.74, 6) is -0.359. The Morgan fingerprint density at radius 1 is 1.07 bits per heavy atom. The molecule has 2 aromatic carbocycles. The van der Waals surface area contributed by atoms with Gasteiger partial charge in [-0.25, -0.2) is 4.99 Å². The Morgan fingerprint density at radius 2 is 1.72 bits per heavy atom. The fraction of sp³-hybridized carbons (Fsp3) is 0.350. The maximum Gasteiger partial charge on any atom is 0.573 e. The number of hydrogen-bond acceptors (Lipinski definition) is 3. The Kier molecular flexibility index (Phi) is 10.2. The van der Waals surface area contributed by atoms with Gasteiger partial charge in [0.25, 0.3) is 0 Å². The number of hydrogen-bond donors (Lipinski definition) is 2. The molecule has 0 aromatic heterocycles. The molecule has 0 aliphatic rings. The number of nitrogens with zero attached hydrogens (tertiary/aromatic N) is 2. The molecular formula is C20H26F3IN4O. The van der Waals surface area contributed by atoms with E-state index in [0.717, 1.165) is 25.2 Å². The highest BCUT2D eigenvalue weighted by Gasteiger charge is 2.32. The van der Waals surface area contributed by atoms with E-state index in [1.807, 2.05) is 12.1 Å². The third kappa shape index (κ3) is 8.90. The van der Waals surface area contributed by atoms with Crippen LogP contribution in [0.25, 0.3) is 0 Å². The molecule has 0 heterocycles. The van der Waals surface area contributed by atoms with Crippen LogP contribution in [-0.4, -0.2) is 30.3 Å². The van der Waals surface area contributed by atoms with E-state index in [2.05, 4.69) is 45.9 Å². The molecule has 0 fully saturated rings. The molecule has 0 aliphatic heterocycles. The highest BCUT2D eigenvalue weighted by molar-refractivity contribution is 14.0. The number of ether oxygens (including phenoxy) is 1. The van der Waals surface area contributed by atoms with Gasteiger partial charge >= 0.3 is 6.36 Å². The summed E-state index contributed by atoms with van der Waals surface area (Å²) in [7, 11) is 0. The summed E-state index contributed by atoms with van der Waals surface area (Å²) < 4.78 is 41.5. The number of nitrogens with one attached hydrogen (secondary N) is 1. The average molecular weight is 522 g/mol. The van der Waals surface area contributed by atoms with Crippen molar-refractivity contribution in [1.29, 1.82) is 0 Å². The van der Waals surface area contributed by atoms with Crippen LogP contribution in [0.3, 0.4) is 0 Å². The molecule has 0 saturated heterocycles. The van der Waals surface area contributed by atoms with Crippen LogP contribution in [-0.2, 0) is 13.1 Å². The molecule has 0 radical (unpaired) electrons. The molecule has 29 heavy (non-hydrogen) atoms. The minimum atomic E-state index is -4.78. The van der Waals surface area contributed by atoms with Crippen LogP contribution in [0.1, 0.15) is 25.0 Å². The van der Waals surface area contributed by atoms with Crippen LogP contribution >= 0.6 is 24.0 Å². The molecule has 0 amide bonds. The lowest BCUT2D eigenvalue weighted by molar-refractivity contribution is -0.274. The first kappa shape index (κ1) is 25.0. The summed E-state index contributed by atoms with van der Waals surface area (Å²) in [6.45, 7) is 7.33. The van der Waals surface area contributed by atoms with Crippen molar-refractivity contribution in [3.63, 3.8) is 0 Å². The predicted molar refractivity (Wildman–Crippen MR) is 121 cm³/mol. The molecule has 0 atom stereocenters. The van der Waals surface area contributed by atoms with Crippen molar-refractivity contribution in [2.24, 2.45) is 10.7 Å². The van der Waals surface area contributed by atoms with E-state index in [4.69, 9.17) is 5.73 Å². The quantitative estimate of drug-likeness (QED) is 0.292. The summed E-state index contributed by atoms with van der Waals surface area (Å²) >= 11 is 0. The van der Waals surface area contributed by atoms with Crippen LogP contribution in [0.2, 0.25) is 0 Å². The minimum Gasteiger partial charge on any atom is -0.404 e. The van der Waals surface area contributed by atoms with E-state index < -0.39 is 6.36 Å². The standard InChI is InChI=1S/C20H25F3N4O.HI/c1-3-27(4-2)14-16-9-7-8-15(12-16)13-25-19(24)26-17-10-5-6-11-18(17)28-20(21,22)23;/h5-12H,3-4,13-14H2,1-2H3,(H3,24,25,26);1H. The van der Waals surface area contributed by atoms with Gasteiger partial charge in [-0.2, -0.15) is 0 Å². The lowest BCUT2D eigenvalue weighted by atomic mass is 10.1. The van der Waals surface area contributed by atoms with Gasteiger partial charge in [-0.3, -0.25) is 4.90 Å². The van der Waals surface area contributed by atoms with Gasteiger partial charge in [0.15, 0.2) is 11.7 Å². The maximum absolute atomic E-state index is 12.5. The second-order valence-electron chi connectivity index (χ2n) is 6.15. The van der Waals surface area contributed by atoms with Gasteiger partial charge in [0.05, 0.1) is 12.2 Å². The number of benzene rings is 2. The third-order valence-corrected chi connectivity index (χ3v) is 4.10. The molecule has 0 aliphatic carbocycles. The number of rotatable bonds is 8. The Labute approximate surface area is 186 Å². The first-order valence-electron chi connectivity index (χ1n) is 9.02. The van der Waals surface area contributed by atoms with Crippen LogP contribution in [0.4, 0.5) is 18.9 Å². The molecule has 5 nitrogen and oxygen atoms in total. The summed E-state index contributed by atoms with van der Waals surface area (Å²) in [4.78, 5) is 6.52. The van der Waals surface area contributed by atoms with E-state index in [9.17, 15) is 13.2 Å². The Balaban J connectivity index is 0.00000420. The third-order valence-electron chi connectivity index (χ3n) is 4.10. The lowest BCUT2D eigenvalue weighted by Crippen LogP contribution is -2.24. The second kappa shape index (κ2) is 11.9. The SMILES string of the molecule is CCN(CC)Cc1cccc(CN=C(N)Nc2ccccc2OC(F)(F)F)c1.I. The van der Waals surface area contributed by atoms with Gasteiger partial charge in [-0.1, -0.05) is 50.2 Å². The molecular weight excluding hydrogens is 496 g/mol. The fourth-order valence-corrected chi connectivity index (χ4v) is 2.67. The zero-order valence-corrected chi connectivity index (χ0v) is 18.7. The number of aliphatic imine (C=N–C) groups is 1. The van der Waals surface area contributed by atoms with Crippen molar-refractivity contribution in [3.8, 4) is 5.75 Å².